The average molecular weight is 194 g/mol. The maximum absolute atomic E-state index is 11.5. The highest BCUT2D eigenvalue weighted by Gasteiger charge is 2.16. The molecule has 2 heteroatoms. The van der Waals surface area contributed by atoms with E-state index in [4.69, 9.17) is 0 Å². The molecule has 1 unspecified atom stereocenters. The summed E-state index contributed by atoms with van der Waals surface area (Å²) < 4.78 is 0. The van der Waals surface area contributed by atoms with E-state index in [2.05, 4.69) is 0 Å². The number of benzene rings is 1. The number of rotatable bonds is 3. The van der Waals surface area contributed by atoms with Gasteiger partial charge in [0.2, 0.25) is 0 Å². The van der Waals surface area contributed by atoms with Gasteiger partial charge < -0.3 is 0 Å². The monoisotopic (exact) mass is 194 g/mol. The van der Waals surface area contributed by atoms with E-state index < -0.39 is 0 Å². The molecule has 1 nitrogen and oxygen atoms in total. The topological polar surface area (TPSA) is 17.1 Å². The van der Waals surface area contributed by atoms with E-state index >= 15 is 0 Å². The predicted octanol–water partition coefficient (Wildman–Crippen LogP) is 3.07. The van der Waals surface area contributed by atoms with Crippen molar-refractivity contribution in [3.8, 4) is 0 Å². The quantitative estimate of drug-likeness (QED) is 0.735. The predicted molar refractivity (Wildman–Crippen MR) is 58.0 cm³/mol. The maximum Gasteiger partial charge on any atom is 0.196 e. The van der Waals surface area contributed by atoms with Crippen molar-refractivity contribution in [2.24, 2.45) is 0 Å². The molecular weight excluding hydrogens is 180 g/mol. The summed E-state index contributed by atoms with van der Waals surface area (Å²) in [5, 5.41) is 0.258. The van der Waals surface area contributed by atoms with Crippen molar-refractivity contribution in [2.45, 2.75) is 19.3 Å². The van der Waals surface area contributed by atoms with Gasteiger partial charge in [0.1, 0.15) is 0 Å². The normalized spacial score (nSPS) is 12.5. The van der Waals surface area contributed by atoms with Crippen molar-refractivity contribution in [1.29, 1.82) is 0 Å². The molecule has 0 bridgehead atoms. The van der Waals surface area contributed by atoms with Gasteiger partial charge in [-0.1, -0.05) is 49.0 Å². The van der Waals surface area contributed by atoms with Crippen LogP contribution in [0.4, 0.5) is 0 Å². The third-order valence-corrected chi connectivity index (χ3v) is 2.78. The largest absolute Gasteiger partial charge is 0.287 e. The third-order valence-electron chi connectivity index (χ3n) is 2.10. The first-order valence-corrected chi connectivity index (χ1v) is 5.64. The Balaban J connectivity index is 2.85. The molecule has 0 aliphatic rings. The fourth-order valence-corrected chi connectivity index (χ4v) is 1.95. The summed E-state index contributed by atoms with van der Waals surface area (Å²) >= 11 is 1.31. The maximum atomic E-state index is 11.5. The van der Waals surface area contributed by atoms with E-state index in [1.807, 2.05) is 43.5 Å². The average Bonchev–Trinajstić information content (AvgIpc) is 2.20. The molecule has 0 heterocycles. The smallest absolute Gasteiger partial charge is 0.196 e. The molecular formula is C11H14OS. The molecule has 0 spiro atoms. The van der Waals surface area contributed by atoms with Crippen LogP contribution in [0, 0.1) is 0 Å². The Labute approximate surface area is 83.5 Å². The van der Waals surface area contributed by atoms with E-state index in [0.717, 1.165) is 12.0 Å². The Morgan fingerprint density at radius 3 is 2.46 bits per heavy atom. The Morgan fingerprint density at radius 2 is 2.00 bits per heavy atom. The van der Waals surface area contributed by atoms with Gasteiger partial charge in [0.25, 0.3) is 0 Å². The molecule has 0 saturated heterocycles. The summed E-state index contributed by atoms with van der Waals surface area (Å²) in [5.41, 5.74) is 1.13. The van der Waals surface area contributed by atoms with Crippen LogP contribution in [0.5, 0.6) is 0 Å². The first-order valence-electron chi connectivity index (χ1n) is 4.42. The molecule has 0 aromatic heterocycles. The molecule has 1 atom stereocenters. The molecule has 0 aliphatic carbocycles. The highest BCUT2D eigenvalue weighted by atomic mass is 32.2. The van der Waals surface area contributed by atoms with Crippen molar-refractivity contribution < 1.29 is 4.79 Å². The Kier molecular flexibility index (Phi) is 4.03. The first-order chi connectivity index (χ1) is 6.29. The molecule has 0 N–H and O–H groups in total. The van der Waals surface area contributed by atoms with E-state index in [1.165, 1.54) is 11.8 Å². The first kappa shape index (κ1) is 10.3. The molecule has 0 aliphatic heterocycles. The Hall–Kier alpha value is -0.760. The van der Waals surface area contributed by atoms with Gasteiger partial charge in [-0.05, 0) is 18.2 Å². The van der Waals surface area contributed by atoms with Crippen molar-refractivity contribution in [1.82, 2.24) is 0 Å². The van der Waals surface area contributed by atoms with Crippen LogP contribution in [0.15, 0.2) is 30.3 Å². The van der Waals surface area contributed by atoms with Crippen LogP contribution in [-0.4, -0.2) is 11.4 Å². The van der Waals surface area contributed by atoms with Gasteiger partial charge in [0.15, 0.2) is 5.12 Å². The van der Waals surface area contributed by atoms with E-state index in [1.54, 1.807) is 0 Å². The lowest BCUT2D eigenvalue weighted by atomic mass is 9.98. The van der Waals surface area contributed by atoms with E-state index in [9.17, 15) is 4.79 Å². The minimum atomic E-state index is 0.0659. The number of carbonyl (C=O) groups is 1. The summed E-state index contributed by atoms with van der Waals surface area (Å²) in [6.07, 6.45) is 2.72. The van der Waals surface area contributed by atoms with Crippen LogP contribution in [0.25, 0.3) is 0 Å². The SMILES string of the molecule is CCC(C(=O)SC)c1ccccc1. The van der Waals surface area contributed by atoms with Crippen LogP contribution in [-0.2, 0) is 4.79 Å². The fraction of sp³-hybridized carbons (Fsp3) is 0.364. The number of hydrogen-bond donors (Lipinski definition) is 0. The molecule has 0 radical (unpaired) electrons. The second-order valence-corrected chi connectivity index (χ2v) is 3.71. The van der Waals surface area contributed by atoms with Crippen LogP contribution >= 0.6 is 11.8 Å². The Bertz CT molecular complexity index is 269. The fourth-order valence-electron chi connectivity index (χ4n) is 1.37. The number of hydrogen-bond acceptors (Lipinski definition) is 2. The zero-order chi connectivity index (χ0) is 9.68. The lowest BCUT2D eigenvalue weighted by molar-refractivity contribution is -0.112. The van der Waals surface area contributed by atoms with E-state index in [0.29, 0.717) is 0 Å². The lowest BCUT2D eigenvalue weighted by Gasteiger charge is -2.11. The standard InChI is InChI=1S/C11H14OS/c1-3-10(11(12)13-2)9-7-5-4-6-8-9/h4-8,10H,3H2,1-2H3. The lowest BCUT2D eigenvalue weighted by Crippen LogP contribution is -2.07. The molecule has 1 aromatic carbocycles. The van der Waals surface area contributed by atoms with Crippen molar-refractivity contribution in [3.63, 3.8) is 0 Å². The molecule has 13 heavy (non-hydrogen) atoms. The van der Waals surface area contributed by atoms with Gasteiger partial charge in [-0.2, -0.15) is 0 Å². The minimum absolute atomic E-state index is 0.0659. The van der Waals surface area contributed by atoms with Gasteiger partial charge in [-0.3, -0.25) is 4.79 Å². The highest BCUT2D eigenvalue weighted by molar-refractivity contribution is 8.13. The summed E-state index contributed by atoms with van der Waals surface area (Å²) in [7, 11) is 0. The third kappa shape index (κ3) is 2.59. The second-order valence-electron chi connectivity index (χ2n) is 2.89. The molecule has 70 valence electrons. The molecule has 0 saturated carbocycles. The van der Waals surface area contributed by atoms with Crippen LogP contribution in [0.1, 0.15) is 24.8 Å². The van der Waals surface area contributed by atoms with Crippen LogP contribution in [0.2, 0.25) is 0 Å². The Morgan fingerprint density at radius 1 is 1.38 bits per heavy atom. The molecule has 1 rings (SSSR count). The minimum Gasteiger partial charge on any atom is -0.287 e. The second kappa shape index (κ2) is 5.07. The summed E-state index contributed by atoms with van der Waals surface area (Å²) in [6.45, 7) is 2.05. The molecule has 0 amide bonds. The van der Waals surface area contributed by atoms with Crippen molar-refractivity contribution in [2.75, 3.05) is 6.26 Å². The van der Waals surface area contributed by atoms with Crippen molar-refractivity contribution >= 4 is 16.9 Å². The van der Waals surface area contributed by atoms with Gasteiger partial charge in [0, 0.05) is 0 Å². The van der Waals surface area contributed by atoms with Crippen LogP contribution in [0.3, 0.4) is 0 Å². The van der Waals surface area contributed by atoms with Crippen LogP contribution < -0.4 is 0 Å². The highest BCUT2D eigenvalue weighted by Crippen LogP contribution is 2.24. The van der Waals surface area contributed by atoms with E-state index in [-0.39, 0.29) is 11.0 Å². The van der Waals surface area contributed by atoms with Gasteiger partial charge in [-0.25, -0.2) is 0 Å². The van der Waals surface area contributed by atoms with Crippen molar-refractivity contribution in [3.05, 3.63) is 35.9 Å². The molecule has 1 aromatic rings. The van der Waals surface area contributed by atoms with Gasteiger partial charge >= 0.3 is 0 Å². The zero-order valence-electron chi connectivity index (χ0n) is 7.99. The summed E-state index contributed by atoms with van der Waals surface area (Å²) in [6, 6.07) is 9.96. The summed E-state index contributed by atoms with van der Waals surface area (Å²) in [4.78, 5) is 11.5. The summed E-state index contributed by atoms with van der Waals surface area (Å²) in [5.74, 6) is 0.0659. The number of thioether (sulfide) groups is 1. The number of carbonyl (C=O) groups excluding carboxylic acids is 1. The molecule has 0 fully saturated rings. The van der Waals surface area contributed by atoms with Gasteiger partial charge in [-0.15, -0.1) is 0 Å². The zero-order valence-corrected chi connectivity index (χ0v) is 8.80. The van der Waals surface area contributed by atoms with Gasteiger partial charge in [0.05, 0.1) is 5.92 Å².